The highest BCUT2D eigenvalue weighted by molar-refractivity contribution is 7.90. The molecule has 0 aromatic rings. The molecule has 1 heterocycles. The van der Waals surface area contributed by atoms with Gasteiger partial charge < -0.3 is 4.90 Å². The average molecular weight is 226 g/mol. The Bertz CT molecular complexity index is 253. The lowest BCUT2D eigenvalue weighted by Gasteiger charge is -2.14. The van der Waals surface area contributed by atoms with Gasteiger partial charge >= 0.3 is 0 Å². The Morgan fingerprint density at radius 2 is 2.23 bits per heavy atom. The van der Waals surface area contributed by atoms with E-state index < -0.39 is 9.84 Å². The Hall–Kier alpha value is 0.200. The minimum Gasteiger partial charge on any atom is -0.302 e. The van der Waals surface area contributed by atoms with Crippen LogP contribution in [0, 0.1) is 5.92 Å². The van der Waals surface area contributed by atoms with Crippen LogP contribution in [-0.4, -0.2) is 50.8 Å². The van der Waals surface area contributed by atoms with Crippen LogP contribution in [0.4, 0.5) is 0 Å². The lowest BCUT2D eigenvalue weighted by molar-refractivity contribution is 0.347. The first-order valence-electron chi connectivity index (χ1n) is 4.47. The van der Waals surface area contributed by atoms with E-state index in [1.54, 1.807) is 0 Å². The molecule has 0 spiro atoms. The van der Waals surface area contributed by atoms with Crippen LogP contribution >= 0.6 is 11.6 Å². The van der Waals surface area contributed by atoms with Crippen molar-refractivity contribution in [3.8, 4) is 0 Å². The Balaban J connectivity index is 2.25. The number of alkyl halides is 1. The van der Waals surface area contributed by atoms with Crippen molar-refractivity contribution in [1.82, 2.24) is 4.90 Å². The van der Waals surface area contributed by atoms with Gasteiger partial charge in [0.2, 0.25) is 0 Å². The first kappa shape index (κ1) is 11.3. The second kappa shape index (κ2) is 4.62. The van der Waals surface area contributed by atoms with Crippen molar-refractivity contribution in [2.24, 2.45) is 5.92 Å². The molecule has 1 atom stereocenters. The summed E-state index contributed by atoms with van der Waals surface area (Å²) >= 11 is 5.72. The van der Waals surface area contributed by atoms with Crippen LogP contribution < -0.4 is 0 Å². The van der Waals surface area contributed by atoms with Gasteiger partial charge in [-0.1, -0.05) is 0 Å². The van der Waals surface area contributed by atoms with Crippen molar-refractivity contribution in [3.63, 3.8) is 0 Å². The van der Waals surface area contributed by atoms with Crippen molar-refractivity contribution in [2.75, 3.05) is 37.5 Å². The molecule has 0 bridgehead atoms. The minimum atomic E-state index is -2.81. The normalized spacial score (nSPS) is 25.2. The molecule has 0 aliphatic carbocycles. The van der Waals surface area contributed by atoms with Gasteiger partial charge in [0.25, 0.3) is 0 Å². The van der Waals surface area contributed by atoms with Crippen LogP contribution in [-0.2, 0) is 9.84 Å². The van der Waals surface area contributed by atoms with Crippen LogP contribution in [0.25, 0.3) is 0 Å². The molecule has 0 radical (unpaired) electrons. The summed E-state index contributed by atoms with van der Waals surface area (Å²) in [4.78, 5) is 2.17. The first-order chi connectivity index (χ1) is 6.01. The number of hydrogen-bond acceptors (Lipinski definition) is 3. The number of halogens is 1. The molecule has 0 N–H and O–H groups in total. The second-order valence-corrected chi connectivity index (χ2v) is 6.31. The van der Waals surface area contributed by atoms with Crippen molar-refractivity contribution < 1.29 is 8.42 Å². The minimum absolute atomic E-state index is 0.266. The smallest absolute Gasteiger partial charge is 0.148 e. The highest BCUT2D eigenvalue weighted by Gasteiger charge is 2.21. The SMILES string of the molecule is CS(=O)(=O)CCN1CCC(CCl)C1. The maximum atomic E-state index is 10.9. The Morgan fingerprint density at radius 3 is 2.69 bits per heavy atom. The third kappa shape index (κ3) is 4.29. The zero-order valence-electron chi connectivity index (χ0n) is 7.87. The fourth-order valence-corrected chi connectivity index (χ4v) is 2.38. The van der Waals surface area contributed by atoms with Gasteiger partial charge in [0.15, 0.2) is 0 Å². The number of sulfone groups is 1. The number of likely N-dealkylation sites (tertiary alicyclic amines) is 1. The fourth-order valence-electron chi connectivity index (χ4n) is 1.54. The molecule has 13 heavy (non-hydrogen) atoms. The molecular weight excluding hydrogens is 210 g/mol. The van der Waals surface area contributed by atoms with Gasteiger partial charge in [-0.15, -0.1) is 11.6 Å². The van der Waals surface area contributed by atoms with Crippen molar-refractivity contribution in [3.05, 3.63) is 0 Å². The maximum Gasteiger partial charge on any atom is 0.148 e. The monoisotopic (exact) mass is 225 g/mol. The number of rotatable bonds is 4. The molecule has 0 saturated carbocycles. The van der Waals surface area contributed by atoms with E-state index in [1.807, 2.05) is 0 Å². The third-order valence-electron chi connectivity index (χ3n) is 2.37. The van der Waals surface area contributed by atoms with Crippen molar-refractivity contribution >= 4 is 21.4 Å². The molecule has 1 rings (SSSR count). The van der Waals surface area contributed by atoms with Crippen LogP contribution in [0.2, 0.25) is 0 Å². The zero-order chi connectivity index (χ0) is 9.90. The van der Waals surface area contributed by atoms with Gasteiger partial charge in [-0.2, -0.15) is 0 Å². The molecule has 1 fully saturated rings. The van der Waals surface area contributed by atoms with Gasteiger partial charge in [-0.25, -0.2) is 8.42 Å². The summed E-state index contributed by atoms with van der Waals surface area (Å²) in [6.45, 7) is 2.61. The lowest BCUT2D eigenvalue weighted by Crippen LogP contribution is -2.27. The van der Waals surface area contributed by atoms with E-state index >= 15 is 0 Å². The van der Waals surface area contributed by atoms with E-state index in [-0.39, 0.29) is 5.75 Å². The fraction of sp³-hybridized carbons (Fsp3) is 1.00. The van der Waals surface area contributed by atoms with E-state index in [9.17, 15) is 8.42 Å². The Morgan fingerprint density at radius 1 is 1.54 bits per heavy atom. The quantitative estimate of drug-likeness (QED) is 0.658. The van der Waals surface area contributed by atoms with Gasteiger partial charge in [-0.05, 0) is 18.9 Å². The van der Waals surface area contributed by atoms with Crippen LogP contribution in [0.5, 0.6) is 0 Å². The number of hydrogen-bond donors (Lipinski definition) is 0. The van der Waals surface area contributed by atoms with E-state index in [2.05, 4.69) is 4.90 Å². The molecule has 0 amide bonds. The molecule has 78 valence electrons. The van der Waals surface area contributed by atoms with Gasteiger partial charge in [-0.3, -0.25) is 0 Å². The van der Waals surface area contributed by atoms with Crippen LogP contribution in [0.15, 0.2) is 0 Å². The third-order valence-corrected chi connectivity index (χ3v) is 3.73. The Labute approximate surface area is 85.0 Å². The summed E-state index contributed by atoms with van der Waals surface area (Å²) in [7, 11) is -2.81. The maximum absolute atomic E-state index is 10.9. The average Bonchev–Trinajstić information content (AvgIpc) is 2.47. The molecule has 1 aliphatic heterocycles. The highest BCUT2D eigenvalue weighted by Crippen LogP contribution is 2.16. The van der Waals surface area contributed by atoms with E-state index in [0.717, 1.165) is 19.5 Å². The summed E-state index contributed by atoms with van der Waals surface area (Å²) in [5, 5.41) is 0. The standard InChI is InChI=1S/C8H16ClNO2S/c1-13(11,12)5-4-10-3-2-8(6-9)7-10/h8H,2-7H2,1H3. The van der Waals surface area contributed by atoms with E-state index in [1.165, 1.54) is 6.26 Å². The summed E-state index contributed by atoms with van der Waals surface area (Å²) in [5.74, 6) is 1.51. The topological polar surface area (TPSA) is 37.4 Å². The molecule has 1 saturated heterocycles. The highest BCUT2D eigenvalue weighted by atomic mass is 35.5. The number of nitrogens with zero attached hydrogens (tertiary/aromatic N) is 1. The largest absolute Gasteiger partial charge is 0.302 e. The molecule has 1 aliphatic rings. The molecule has 0 aromatic heterocycles. The molecule has 3 nitrogen and oxygen atoms in total. The van der Waals surface area contributed by atoms with Gasteiger partial charge in [0.1, 0.15) is 9.84 Å². The van der Waals surface area contributed by atoms with Crippen molar-refractivity contribution in [1.29, 1.82) is 0 Å². The van der Waals surface area contributed by atoms with E-state index in [0.29, 0.717) is 18.3 Å². The molecule has 0 aromatic carbocycles. The summed E-state index contributed by atoms with van der Waals surface area (Å²) in [6, 6.07) is 0. The van der Waals surface area contributed by atoms with Crippen LogP contribution in [0.3, 0.4) is 0 Å². The van der Waals surface area contributed by atoms with Crippen LogP contribution in [0.1, 0.15) is 6.42 Å². The van der Waals surface area contributed by atoms with E-state index in [4.69, 9.17) is 11.6 Å². The first-order valence-corrected chi connectivity index (χ1v) is 7.07. The lowest BCUT2D eigenvalue weighted by atomic mass is 10.2. The Kier molecular flexibility index (Phi) is 4.01. The second-order valence-electron chi connectivity index (χ2n) is 3.74. The molecular formula is C8H16ClNO2S. The summed E-state index contributed by atoms with van der Waals surface area (Å²) in [5.41, 5.74) is 0. The predicted molar refractivity (Wildman–Crippen MR) is 55.0 cm³/mol. The van der Waals surface area contributed by atoms with Crippen molar-refractivity contribution in [2.45, 2.75) is 6.42 Å². The molecule has 1 unspecified atom stereocenters. The zero-order valence-corrected chi connectivity index (χ0v) is 9.44. The summed E-state index contributed by atoms with van der Waals surface area (Å²) < 4.78 is 21.8. The van der Waals surface area contributed by atoms with Gasteiger partial charge in [0, 0.05) is 25.2 Å². The summed E-state index contributed by atoms with van der Waals surface area (Å²) in [6.07, 6.45) is 2.38. The molecule has 5 heteroatoms. The van der Waals surface area contributed by atoms with Gasteiger partial charge in [0.05, 0.1) is 5.75 Å². The predicted octanol–water partition coefficient (Wildman–Crippen LogP) is 0.592.